The number of rotatable bonds is 5. The van der Waals surface area contributed by atoms with E-state index in [9.17, 15) is 13.6 Å². The van der Waals surface area contributed by atoms with Crippen molar-refractivity contribution in [3.05, 3.63) is 35.4 Å². The van der Waals surface area contributed by atoms with Crippen molar-refractivity contribution in [3.8, 4) is 0 Å². The van der Waals surface area contributed by atoms with Crippen LogP contribution in [0.1, 0.15) is 18.4 Å². The maximum absolute atomic E-state index is 12.8. The van der Waals surface area contributed by atoms with Gasteiger partial charge in [0.25, 0.3) is 0 Å². The molecule has 0 bridgehead atoms. The van der Waals surface area contributed by atoms with Crippen LogP contribution in [0, 0.1) is 11.6 Å². The first-order chi connectivity index (χ1) is 7.63. The van der Waals surface area contributed by atoms with E-state index in [2.05, 4.69) is 10.9 Å². The Morgan fingerprint density at radius 3 is 2.69 bits per heavy atom. The fourth-order valence-corrected chi connectivity index (χ4v) is 1.35. The number of halogens is 2. The van der Waals surface area contributed by atoms with Crippen LogP contribution >= 0.6 is 0 Å². The first kappa shape index (κ1) is 12.6. The van der Waals surface area contributed by atoms with Gasteiger partial charge in [0.2, 0.25) is 5.91 Å². The van der Waals surface area contributed by atoms with Crippen molar-refractivity contribution in [2.24, 2.45) is 0 Å². The van der Waals surface area contributed by atoms with Crippen LogP contribution < -0.4 is 10.9 Å². The Morgan fingerprint density at radius 1 is 1.31 bits per heavy atom. The topological polar surface area (TPSA) is 41.1 Å². The normalized spacial score (nSPS) is 10.2. The number of benzene rings is 1. The lowest BCUT2D eigenvalue weighted by Crippen LogP contribution is -2.33. The molecule has 0 fully saturated rings. The number of carbonyl (C=O) groups excluding carboxylic acids is 1. The molecule has 0 radical (unpaired) electrons. The molecule has 0 saturated heterocycles. The van der Waals surface area contributed by atoms with Gasteiger partial charge < -0.3 is 0 Å². The van der Waals surface area contributed by atoms with Crippen molar-refractivity contribution in [3.63, 3.8) is 0 Å². The molecule has 1 aromatic carbocycles. The molecule has 0 aromatic heterocycles. The summed E-state index contributed by atoms with van der Waals surface area (Å²) < 4.78 is 25.4. The highest BCUT2D eigenvalue weighted by molar-refractivity contribution is 5.75. The number of carbonyl (C=O) groups is 1. The van der Waals surface area contributed by atoms with Crippen molar-refractivity contribution in [2.45, 2.75) is 19.3 Å². The smallest absolute Gasteiger partial charge is 0.234 e. The summed E-state index contributed by atoms with van der Waals surface area (Å²) in [6.07, 6.45) is 1.49. The van der Waals surface area contributed by atoms with Crippen molar-refractivity contribution < 1.29 is 13.6 Å². The number of hydrogen-bond acceptors (Lipinski definition) is 2. The van der Waals surface area contributed by atoms with Gasteiger partial charge in [-0.2, -0.15) is 0 Å². The molecule has 3 nitrogen and oxygen atoms in total. The molecule has 0 unspecified atom stereocenters. The number of amides is 1. The Morgan fingerprint density at radius 2 is 2.06 bits per heavy atom. The molecule has 0 aliphatic rings. The highest BCUT2D eigenvalue weighted by atomic mass is 19.2. The minimum atomic E-state index is -0.850. The van der Waals surface area contributed by atoms with E-state index in [1.54, 1.807) is 7.05 Å². The molecule has 16 heavy (non-hydrogen) atoms. The Hall–Kier alpha value is -1.49. The average molecular weight is 228 g/mol. The summed E-state index contributed by atoms with van der Waals surface area (Å²) in [5.41, 5.74) is 5.64. The number of hydrazine groups is 1. The summed E-state index contributed by atoms with van der Waals surface area (Å²) in [6.45, 7) is 0. The summed E-state index contributed by atoms with van der Waals surface area (Å²) in [6, 6.07) is 3.78. The van der Waals surface area contributed by atoms with Crippen LogP contribution in [0.2, 0.25) is 0 Å². The zero-order chi connectivity index (χ0) is 12.0. The Balaban J connectivity index is 2.37. The molecule has 0 heterocycles. The molecule has 1 rings (SSSR count). The van der Waals surface area contributed by atoms with Gasteiger partial charge in [-0.1, -0.05) is 6.07 Å². The Labute approximate surface area is 92.8 Å². The lowest BCUT2D eigenvalue weighted by atomic mass is 10.1. The van der Waals surface area contributed by atoms with Crippen LogP contribution in [-0.4, -0.2) is 13.0 Å². The maximum atomic E-state index is 12.8. The largest absolute Gasteiger partial charge is 0.292 e. The zero-order valence-corrected chi connectivity index (χ0v) is 9.02. The highest BCUT2D eigenvalue weighted by Crippen LogP contribution is 2.11. The predicted octanol–water partition coefficient (Wildman–Crippen LogP) is 1.54. The third-order valence-electron chi connectivity index (χ3n) is 2.12. The standard InChI is InChI=1S/C11H14F2N2O/c1-14-15-11(16)4-2-3-8-5-6-9(12)10(13)7-8/h5-7,14H,2-4H2,1H3,(H,15,16). The lowest BCUT2D eigenvalue weighted by molar-refractivity contribution is -0.122. The summed E-state index contributed by atoms with van der Waals surface area (Å²) in [4.78, 5) is 11.0. The lowest BCUT2D eigenvalue weighted by Gasteiger charge is -2.03. The molecule has 88 valence electrons. The van der Waals surface area contributed by atoms with E-state index in [1.165, 1.54) is 6.07 Å². The molecule has 0 atom stereocenters. The van der Waals surface area contributed by atoms with Gasteiger partial charge in [0.15, 0.2) is 11.6 Å². The van der Waals surface area contributed by atoms with E-state index in [0.29, 0.717) is 24.8 Å². The van der Waals surface area contributed by atoms with Crippen molar-refractivity contribution >= 4 is 5.91 Å². The van der Waals surface area contributed by atoms with Crippen LogP contribution in [-0.2, 0) is 11.2 Å². The third-order valence-corrected chi connectivity index (χ3v) is 2.12. The second kappa shape index (κ2) is 6.17. The molecule has 0 spiro atoms. The van der Waals surface area contributed by atoms with Gasteiger partial charge in [0, 0.05) is 13.5 Å². The van der Waals surface area contributed by atoms with Gasteiger partial charge in [-0.05, 0) is 30.5 Å². The molecular formula is C11H14F2N2O. The van der Waals surface area contributed by atoms with E-state index in [-0.39, 0.29) is 5.91 Å². The first-order valence-corrected chi connectivity index (χ1v) is 5.03. The highest BCUT2D eigenvalue weighted by Gasteiger charge is 2.04. The fourth-order valence-electron chi connectivity index (χ4n) is 1.35. The van der Waals surface area contributed by atoms with Crippen LogP contribution in [0.3, 0.4) is 0 Å². The van der Waals surface area contributed by atoms with Gasteiger partial charge in [0.05, 0.1) is 0 Å². The molecule has 1 aromatic rings. The quantitative estimate of drug-likeness (QED) is 0.750. The van der Waals surface area contributed by atoms with E-state index >= 15 is 0 Å². The van der Waals surface area contributed by atoms with Gasteiger partial charge >= 0.3 is 0 Å². The van der Waals surface area contributed by atoms with Crippen molar-refractivity contribution in [1.82, 2.24) is 10.9 Å². The molecule has 1 amide bonds. The minimum Gasteiger partial charge on any atom is -0.292 e. The molecule has 2 N–H and O–H groups in total. The average Bonchev–Trinajstić information content (AvgIpc) is 2.24. The summed E-state index contributed by atoms with van der Waals surface area (Å²) in [5.74, 6) is -1.82. The van der Waals surface area contributed by atoms with E-state index in [1.807, 2.05) is 0 Å². The van der Waals surface area contributed by atoms with E-state index in [4.69, 9.17) is 0 Å². The van der Waals surface area contributed by atoms with Crippen LogP contribution in [0.25, 0.3) is 0 Å². The summed E-state index contributed by atoms with van der Waals surface area (Å²) in [5, 5.41) is 0. The van der Waals surface area contributed by atoms with Crippen molar-refractivity contribution in [2.75, 3.05) is 7.05 Å². The molecular weight excluding hydrogens is 214 g/mol. The Bertz CT molecular complexity index is 369. The first-order valence-electron chi connectivity index (χ1n) is 5.03. The van der Waals surface area contributed by atoms with Gasteiger partial charge in [-0.15, -0.1) is 0 Å². The SMILES string of the molecule is CNNC(=O)CCCc1ccc(F)c(F)c1. The predicted molar refractivity (Wildman–Crippen MR) is 56.5 cm³/mol. The van der Waals surface area contributed by atoms with E-state index < -0.39 is 11.6 Å². The van der Waals surface area contributed by atoms with Crippen LogP contribution in [0.15, 0.2) is 18.2 Å². The minimum absolute atomic E-state index is 0.120. The van der Waals surface area contributed by atoms with Crippen LogP contribution in [0.4, 0.5) is 8.78 Å². The second-order valence-electron chi connectivity index (χ2n) is 3.40. The van der Waals surface area contributed by atoms with Gasteiger partial charge in [-0.25, -0.2) is 14.2 Å². The maximum Gasteiger partial charge on any atom is 0.234 e. The fraction of sp³-hybridized carbons (Fsp3) is 0.364. The number of nitrogens with one attached hydrogen (secondary N) is 2. The second-order valence-corrected chi connectivity index (χ2v) is 3.40. The number of hydrogen-bond donors (Lipinski definition) is 2. The summed E-state index contributed by atoms with van der Waals surface area (Å²) in [7, 11) is 1.60. The van der Waals surface area contributed by atoms with Gasteiger partial charge in [0.1, 0.15) is 0 Å². The van der Waals surface area contributed by atoms with Gasteiger partial charge in [-0.3, -0.25) is 10.2 Å². The van der Waals surface area contributed by atoms with E-state index in [0.717, 1.165) is 12.1 Å². The zero-order valence-electron chi connectivity index (χ0n) is 9.02. The molecule has 5 heteroatoms. The number of aryl methyl sites for hydroxylation is 1. The molecule has 0 aliphatic carbocycles. The molecule has 0 aliphatic heterocycles. The Kier molecular flexibility index (Phi) is 4.85. The monoisotopic (exact) mass is 228 g/mol. The summed E-state index contributed by atoms with van der Waals surface area (Å²) >= 11 is 0. The third kappa shape index (κ3) is 3.94. The molecule has 0 saturated carbocycles. The van der Waals surface area contributed by atoms with Crippen molar-refractivity contribution in [1.29, 1.82) is 0 Å². The van der Waals surface area contributed by atoms with Crippen LogP contribution in [0.5, 0.6) is 0 Å².